The van der Waals surface area contributed by atoms with E-state index in [0.29, 0.717) is 17.1 Å². The first-order valence-corrected chi connectivity index (χ1v) is 9.02. The van der Waals surface area contributed by atoms with E-state index in [4.69, 9.17) is 0 Å². The molecule has 2 atom stereocenters. The highest BCUT2D eigenvalue weighted by Crippen LogP contribution is 2.36. The van der Waals surface area contributed by atoms with Crippen molar-refractivity contribution in [2.75, 3.05) is 19.6 Å². The van der Waals surface area contributed by atoms with Gasteiger partial charge in [0.25, 0.3) is 0 Å². The van der Waals surface area contributed by atoms with Crippen molar-refractivity contribution >= 4 is 5.78 Å². The molecule has 0 bridgehead atoms. The van der Waals surface area contributed by atoms with E-state index in [-0.39, 0.29) is 0 Å². The van der Waals surface area contributed by atoms with E-state index in [2.05, 4.69) is 39.5 Å². The van der Waals surface area contributed by atoms with Gasteiger partial charge in [-0.15, -0.1) is 0 Å². The molecule has 0 aromatic rings. The summed E-state index contributed by atoms with van der Waals surface area (Å²) < 4.78 is 0. The van der Waals surface area contributed by atoms with E-state index in [9.17, 15) is 4.79 Å². The first-order chi connectivity index (χ1) is 9.77. The number of nitrogens with zero attached hydrogens (tertiary/aromatic N) is 1. The summed E-state index contributed by atoms with van der Waals surface area (Å²) in [6.07, 6.45) is 5.69. The highest BCUT2D eigenvalue weighted by molar-refractivity contribution is 5.82. The Morgan fingerprint density at radius 1 is 1.14 bits per heavy atom. The third-order valence-electron chi connectivity index (χ3n) is 6.04. The fourth-order valence-corrected chi connectivity index (χ4v) is 4.22. The number of likely N-dealkylation sites (tertiary alicyclic amines) is 1. The molecule has 0 radical (unpaired) electrons. The summed E-state index contributed by atoms with van der Waals surface area (Å²) in [6.45, 7) is 15.1. The maximum absolute atomic E-state index is 12.2. The second-order valence-corrected chi connectivity index (χ2v) is 8.88. The molecule has 0 aromatic heterocycles. The molecule has 2 nitrogen and oxygen atoms in total. The van der Waals surface area contributed by atoms with Gasteiger partial charge in [0.05, 0.1) is 0 Å². The van der Waals surface area contributed by atoms with Crippen LogP contribution in [0.3, 0.4) is 0 Å². The maximum atomic E-state index is 12.2. The summed E-state index contributed by atoms with van der Waals surface area (Å²) in [7, 11) is 0. The van der Waals surface area contributed by atoms with Crippen LogP contribution in [0, 0.1) is 29.1 Å². The van der Waals surface area contributed by atoms with Gasteiger partial charge in [0.1, 0.15) is 5.78 Å². The van der Waals surface area contributed by atoms with E-state index in [1.165, 1.54) is 25.9 Å². The molecule has 21 heavy (non-hydrogen) atoms. The molecule has 2 rings (SSSR count). The van der Waals surface area contributed by atoms with Crippen molar-refractivity contribution in [3.05, 3.63) is 0 Å². The van der Waals surface area contributed by atoms with E-state index < -0.39 is 0 Å². The molecule has 1 heterocycles. The first-order valence-electron chi connectivity index (χ1n) is 9.02. The van der Waals surface area contributed by atoms with Gasteiger partial charge in [-0.05, 0) is 61.9 Å². The molecule has 2 unspecified atom stereocenters. The summed E-state index contributed by atoms with van der Waals surface area (Å²) in [5, 5.41) is 0. The average Bonchev–Trinajstić information content (AvgIpc) is 2.40. The van der Waals surface area contributed by atoms with Gasteiger partial charge in [-0.1, -0.05) is 34.6 Å². The summed E-state index contributed by atoms with van der Waals surface area (Å²) in [5.41, 5.74) is 0.440. The number of hydrogen-bond donors (Lipinski definition) is 0. The average molecular weight is 293 g/mol. The van der Waals surface area contributed by atoms with Gasteiger partial charge in [-0.2, -0.15) is 0 Å². The standard InChI is InChI=1S/C19H35NO/c1-14(2)15-6-7-18(21)16(12-15)13-20-10-8-17(9-11-20)19(3,4)5/h14-17H,6-13H2,1-5H3. The molecule has 1 saturated heterocycles. The molecular formula is C19H35NO. The molecule has 2 fully saturated rings. The Labute approximate surface area is 131 Å². The van der Waals surface area contributed by atoms with Gasteiger partial charge in [0.15, 0.2) is 0 Å². The van der Waals surface area contributed by atoms with Gasteiger partial charge in [-0.3, -0.25) is 4.79 Å². The predicted molar refractivity (Wildman–Crippen MR) is 89.3 cm³/mol. The molecule has 122 valence electrons. The third-order valence-corrected chi connectivity index (χ3v) is 6.04. The lowest BCUT2D eigenvalue weighted by atomic mass is 9.74. The number of ketones is 1. The highest BCUT2D eigenvalue weighted by atomic mass is 16.1. The predicted octanol–water partition coefficient (Wildman–Crippen LogP) is 4.39. The van der Waals surface area contributed by atoms with Crippen molar-refractivity contribution in [3.8, 4) is 0 Å². The largest absolute Gasteiger partial charge is 0.303 e. The first kappa shape index (κ1) is 17.0. The molecule has 1 aliphatic heterocycles. The Hall–Kier alpha value is -0.370. The molecule has 0 amide bonds. The third kappa shape index (κ3) is 4.55. The second-order valence-electron chi connectivity index (χ2n) is 8.88. The van der Waals surface area contributed by atoms with Gasteiger partial charge in [0.2, 0.25) is 0 Å². The molecular weight excluding hydrogens is 258 g/mol. The summed E-state index contributed by atoms with van der Waals surface area (Å²) >= 11 is 0. The summed E-state index contributed by atoms with van der Waals surface area (Å²) in [5.74, 6) is 3.19. The molecule has 2 heteroatoms. The Morgan fingerprint density at radius 3 is 2.29 bits per heavy atom. The number of carbonyl (C=O) groups is 1. The van der Waals surface area contributed by atoms with Crippen LogP contribution in [0.5, 0.6) is 0 Å². The molecule has 0 aromatic carbocycles. The second kappa shape index (κ2) is 6.81. The summed E-state index contributed by atoms with van der Waals surface area (Å²) in [4.78, 5) is 14.8. The van der Waals surface area contributed by atoms with Crippen molar-refractivity contribution < 1.29 is 4.79 Å². The zero-order chi connectivity index (χ0) is 15.6. The van der Waals surface area contributed by atoms with Crippen molar-refractivity contribution in [2.24, 2.45) is 29.1 Å². The Morgan fingerprint density at radius 2 is 1.76 bits per heavy atom. The Balaban J connectivity index is 1.83. The molecule has 0 spiro atoms. The van der Waals surface area contributed by atoms with Crippen LogP contribution in [-0.4, -0.2) is 30.3 Å². The fraction of sp³-hybridized carbons (Fsp3) is 0.947. The zero-order valence-corrected chi connectivity index (χ0v) is 14.8. The number of rotatable bonds is 3. The summed E-state index contributed by atoms with van der Waals surface area (Å²) in [6, 6.07) is 0. The lowest BCUT2D eigenvalue weighted by Crippen LogP contribution is -2.43. The van der Waals surface area contributed by atoms with Crippen molar-refractivity contribution in [2.45, 2.75) is 66.7 Å². The van der Waals surface area contributed by atoms with Gasteiger partial charge in [0, 0.05) is 18.9 Å². The van der Waals surface area contributed by atoms with Gasteiger partial charge < -0.3 is 4.90 Å². The van der Waals surface area contributed by atoms with Crippen LogP contribution in [0.1, 0.15) is 66.7 Å². The van der Waals surface area contributed by atoms with Crippen LogP contribution in [-0.2, 0) is 4.79 Å². The van der Waals surface area contributed by atoms with Crippen LogP contribution in [0.25, 0.3) is 0 Å². The molecule has 2 aliphatic rings. The monoisotopic (exact) mass is 293 g/mol. The van der Waals surface area contributed by atoms with Crippen LogP contribution < -0.4 is 0 Å². The number of carbonyl (C=O) groups excluding carboxylic acids is 1. The van der Waals surface area contributed by atoms with Gasteiger partial charge in [-0.25, -0.2) is 0 Å². The van der Waals surface area contributed by atoms with Gasteiger partial charge >= 0.3 is 0 Å². The maximum Gasteiger partial charge on any atom is 0.137 e. The van der Waals surface area contributed by atoms with Crippen LogP contribution in [0.15, 0.2) is 0 Å². The fourth-order valence-electron chi connectivity index (χ4n) is 4.22. The topological polar surface area (TPSA) is 20.3 Å². The lowest BCUT2D eigenvalue weighted by Gasteiger charge is -2.40. The lowest BCUT2D eigenvalue weighted by molar-refractivity contribution is -0.127. The van der Waals surface area contributed by atoms with E-state index >= 15 is 0 Å². The van der Waals surface area contributed by atoms with E-state index in [1.54, 1.807) is 0 Å². The number of piperidine rings is 1. The molecule has 0 N–H and O–H groups in total. The van der Waals surface area contributed by atoms with Crippen LogP contribution >= 0.6 is 0 Å². The SMILES string of the molecule is CC(C)C1CCC(=O)C(CN2CCC(C(C)(C)C)CC2)C1. The minimum atomic E-state index is 0.317. The number of Topliss-reactive ketones (excluding diaryl/α,β-unsaturated/α-hetero) is 1. The Kier molecular flexibility index (Phi) is 5.51. The van der Waals surface area contributed by atoms with E-state index in [1.807, 2.05) is 0 Å². The highest BCUT2D eigenvalue weighted by Gasteiger charge is 2.34. The van der Waals surface area contributed by atoms with Crippen molar-refractivity contribution in [1.82, 2.24) is 4.90 Å². The zero-order valence-electron chi connectivity index (χ0n) is 14.8. The quantitative estimate of drug-likeness (QED) is 0.769. The van der Waals surface area contributed by atoms with Crippen LogP contribution in [0.2, 0.25) is 0 Å². The molecule has 1 aliphatic carbocycles. The minimum absolute atomic E-state index is 0.317. The van der Waals surface area contributed by atoms with Crippen LogP contribution in [0.4, 0.5) is 0 Å². The number of hydrogen-bond acceptors (Lipinski definition) is 2. The smallest absolute Gasteiger partial charge is 0.137 e. The minimum Gasteiger partial charge on any atom is -0.303 e. The Bertz CT molecular complexity index is 347. The van der Waals surface area contributed by atoms with Crippen molar-refractivity contribution in [3.63, 3.8) is 0 Å². The van der Waals surface area contributed by atoms with E-state index in [0.717, 1.165) is 43.6 Å². The molecule has 1 saturated carbocycles. The van der Waals surface area contributed by atoms with Crippen molar-refractivity contribution in [1.29, 1.82) is 0 Å². The normalized spacial score (nSPS) is 30.1.